The summed E-state index contributed by atoms with van der Waals surface area (Å²) in [6.45, 7) is 6.16. The van der Waals surface area contributed by atoms with E-state index in [9.17, 15) is 14.4 Å². The quantitative estimate of drug-likeness (QED) is 0.0261. The van der Waals surface area contributed by atoms with Crippen LogP contribution in [0.25, 0.3) is 0 Å². The molecule has 83 heavy (non-hydrogen) atoms. The maximum Gasteiger partial charge on any atom is 0.309 e. The molecule has 0 amide bonds. The molecule has 0 radical (unpaired) electrons. The van der Waals surface area contributed by atoms with E-state index in [0.29, 0.717) is 0 Å². The van der Waals surface area contributed by atoms with E-state index >= 15 is 0 Å². The third-order valence-electron chi connectivity index (χ3n) is 12.8. The lowest BCUT2D eigenvalue weighted by Gasteiger charge is -2.18. The van der Waals surface area contributed by atoms with Crippen molar-refractivity contribution in [3.8, 4) is 0 Å². The molecule has 0 aliphatic carbocycles. The molecule has 0 rings (SSSR count). The molecule has 0 saturated heterocycles. The molecule has 0 heterocycles. The molecular formula is C77H116O6. The van der Waals surface area contributed by atoms with E-state index in [4.69, 9.17) is 14.2 Å². The lowest BCUT2D eigenvalue weighted by molar-refractivity contribution is -0.166. The van der Waals surface area contributed by atoms with Gasteiger partial charge in [0, 0.05) is 12.8 Å². The van der Waals surface area contributed by atoms with Crippen molar-refractivity contribution in [3.05, 3.63) is 207 Å². The highest BCUT2D eigenvalue weighted by Crippen LogP contribution is 2.14. The van der Waals surface area contributed by atoms with Crippen LogP contribution in [0.5, 0.6) is 0 Å². The number of hydrogen-bond acceptors (Lipinski definition) is 6. The number of hydrogen-bond donors (Lipinski definition) is 0. The zero-order valence-electron chi connectivity index (χ0n) is 52.6. The topological polar surface area (TPSA) is 78.9 Å². The van der Waals surface area contributed by atoms with Crippen LogP contribution in [0.2, 0.25) is 0 Å². The van der Waals surface area contributed by atoms with Crippen molar-refractivity contribution in [2.75, 3.05) is 13.2 Å². The van der Waals surface area contributed by atoms with Gasteiger partial charge in [-0.2, -0.15) is 0 Å². The lowest BCUT2D eigenvalue weighted by atomic mass is 10.1. The maximum atomic E-state index is 12.9. The summed E-state index contributed by atoms with van der Waals surface area (Å²) < 4.78 is 16.8. The first kappa shape index (κ1) is 77.0. The molecule has 0 N–H and O–H groups in total. The maximum absolute atomic E-state index is 12.9. The second-order valence-corrected chi connectivity index (χ2v) is 20.5. The van der Waals surface area contributed by atoms with Crippen molar-refractivity contribution in [2.24, 2.45) is 0 Å². The van der Waals surface area contributed by atoms with Gasteiger partial charge >= 0.3 is 17.9 Å². The first-order valence-electron chi connectivity index (χ1n) is 32.6. The van der Waals surface area contributed by atoms with E-state index < -0.39 is 12.1 Å². The van der Waals surface area contributed by atoms with Crippen LogP contribution in [-0.4, -0.2) is 37.2 Å². The van der Waals surface area contributed by atoms with Crippen molar-refractivity contribution in [1.29, 1.82) is 0 Å². The van der Waals surface area contributed by atoms with Crippen LogP contribution in [0.4, 0.5) is 0 Å². The van der Waals surface area contributed by atoms with Gasteiger partial charge in [0.15, 0.2) is 6.10 Å². The second kappa shape index (κ2) is 68.5. The van der Waals surface area contributed by atoms with Gasteiger partial charge in [-0.1, -0.05) is 279 Å². The Hall–Kier alpha value is -6.01. The van der Waals surface area contributed by atoms with E-state index in [1.807, 2.05) is 6.08 Å². The molecule has 0 aliphatic heterocycles. The Balaban J connectivity index is 4.56. The summed E-state index contributed by atoms with van der Waals surface area (Å²) in [6, 6.07) is 0. The molecule has 0 aromatic carbocycles. The Labute approximate surface area is 509 Å². The van der Waals surface area contributed by atoms with E-state index in [2.05, 4.69) is 215 Å². The largest absolute Gasteiger partial charge is 0.462 e. The Bertz CT molecular complexity index is 2030. The summed E-state index contributed by atoms with van der Waals surface area (Å²) >= 11 is 0. The molecule has 0 aromatic rings. The predicted molar refractivity (Wildman–Crippen MR) is 361 cm³/mol. The molecule has 0 saturated carbocycles. The molecular weight excluding hydrogens is 1020 g/mol. The van der Waals surface area contributed by atoms with Crippen molar-refractivity contribution in [2.45, 2.75) is 245 Å². The van der Waals surface area contributed by atoms with E-state index in [1.165, 1.54) is 32.1 Å². The fraction of sp³-hybridized carbons (Fsp3) is 0.519. The molecule has 1 atom stereocenters. The summed E-state index contributed by atoms with van der Waals surface area (Å²) in [5.74, 6) is -1.12. The minimum atomic E-state index is -0.851. The standard InChI is InChI=1S/C77H116O6/c1-4-7-10-13-16-19-22-25-28-30-32-34-36-38-40-42-44-46-49-52-55-58-61-64-67-70-76(79)82-73-74(72-81-75(78)69-66-63-60-57-54-51-48-27-24-21-18-15-12-9-6-3)83-77(80)71-68-65-62-59-56-53-50-47-45-43-41-39-37-35-33-31-29-26-23-20-17-14-11-8-5-2/h7-12,16-21,25-29,32-35,38-41,44,46,48,52,54-55,57,63,66,74H,4-6,13-15,22-24,30-31,36-37,42-43,45,47,49-51,53,56,58-62,64-65,67-73H2,1-3H3/b10-7-,11-8-,12-9-,19-16-,20-17-,21-18-,28-25-,29-26-,34-32-,35-33-,40-38-,41-39-,46-44-,48-27-,55-52-,57-54-,66-63-. The number of carbonyl (C=O) groups is 3. The van der Waals surface area contributed by atoms with Gasteiger partial charge in [0.1, 0.15) is 13.2 Å². The molecule has 0 bridgehead atoms. The van der Waals surface area contributed by atoms with Crippen LogP contribution in [-0.2, 0) is 28.6 Å². The normalized spacial score (nSPS) is 13.5. The monoisotopic (exact) mass is 1140 g/mol. The van der Waals surface area contributed by atoms with Gasteiger partial charge in [-0.05, 0) is 148 Å². The molecule has 0 spiro atoms. The van der Waals surface area contributed by atoms with E-state index in [1.54, 1.807) is 6.08 Å². The summed E-state index contributed by atoms with van der Waals surface area (Å²) in [5.41, 5.74) is 0. The van der Waals surface area contributed by atoms with Crippen LogP contribution in [0, 0.1) is 0 Å². The zero-order chi connectivity index (χ0) is 59.9. The van der Waals surface area contributed by atoms with Gasteiger partial charge in [-0.3, -0.25) is 14.4 Å². The van der Waals surface area contributed by atoms with Crippen LogP contribution < -0.4 is 0 Å². The number of carbonyl (C=O) groups excluding carboxylic acids is 3. The number of rotatable bonds is 56. The molecule has 460 valence electrons. The SMILES string of the molecule is CC/C=C\C/C=C\C/C=C\C/C=C\C/C=C\C/C=C\C/C=C\CCCCCC(=O)OCC(COC(=O)C/C=C\C/C=C\C/C=C\C/C=C\C/C=C\CC)OC(=O)CCCCCCCCCCC/C=C\C/C=C\C/C=C\C/C=C\C/C=C\CC. The molecule has 6 heteroatoms. The number of unbranched alkanes of at least 4 members (excludes halogenated alkanes) is 12. The Morgan fingerprint density at radius 2 is 0.482 bits per heavy atom. The van der Waals surface area contributed by atoms with Crippen LogP contribution in [0.3, 0.4) is 0 Å². The van der Waals surface area contributed by atoms with Gasteiger partial charge < -0.3 is 14.2 Å². The third-order valence-corrected chi connectivity index (χ3v) is 12.8. The van der Waals surface area contributed by atoms with Crippen molar-refractivity contribution in [3.63, 3.8) is 0 Å². The Morgan fingerprint density at radius 1 is 0.253 bits per heavy atom. The second-order valence-electron chi connectivity index (χ2n) is 20.5. The van der Waals surface area contributed by atoms with Crippen LogP contribution >= 0.6 is 0 Å². The summed E-state index contributed by atoms with van der Waals surface area (Å²) in [7, 11) is 0. The fourth-order valence-electron chi connectivity index (χ4n) is 8.05. The predicted octanol–water partition coefficient (Wildman–Crippen LogP) is 22.8. The van der Waals surface area contributed by atoms with Crippen LogP contribution in [0.1, 0.15) is 239 Å². The average molecular weight is 1140 g/mol. The van der Waals surface area contributed by atoms with Crippen LogP contribution in [0.15, 0.2) is 207 Å². The van der Waals surface area contributed by atoms with Gasteiger partial charge in [0.05, 0.1) is 6.42 Å². The fourth-order valence-corrected chi connectivity index (χ4v) is 8.05. The summed E-state index contributed by atoms with van der Waals surface area (Å²) in [4.78, 5) is 38.3. The third kappa shape index (κ3) is 66.7. The minimum Gasteiger partial charge on any atom is -0.462 e. The molecule has 0 fully saturated rings. The summed E-state index contributed by atoms with van der Waals surface area (Å²) in [5, 5.41) is 0. The molecule has 6 nitrogen and oxygen atoms in total. The van der Waals surface area contributed by atoms with Gasteiger partial charge in [-0.15, -0.1) is 0 Å². The molecule has 0 aliphatic rings. The summed E-state index contributed by atoms with van der Waals surface area (Å²) in [6.07, 6.45) is 106. The van der Waals surface area contributed by atoms with Crippen molar-refractivity contribution >= 4 is 17.9 Å². The lowest BCUT2D eigenvalue weighted by Crippen LogP contribution is -2.30. The highest BCUT2D eigenvalue weighted by atomic mass is 16.6. The Kier molecular flexibility index (Phi) is 63.5. The Morgan fingerprint density at radius 3 is 0.795 bits per heavy atom. The van der Waals surface area contributed by atoms with Gasteiger partial charge in [0.2, 0.25) is 0 Å². The first-order chi connectivity index (χ1) is 41.0. The number of allylic oxidation sites excluding steroid dienone is 33. The molecule has 0 aromatic heterocycles. The van der Waals surface area contributed by atoms with Crippen molar-refractivity contribution in [1.82, 2.24) is 0 Å². The van der Waals surface area contributed by atoms with Gasteiger partial charge in [0.25, 0.3) is 0 Å². The highest BCUT2D eigenvalue weighted by molar-refractivity contribution is 5.72. The van der Waals surface area contributed by atoms with E-state index in [-0.39, 0.29) is 44.4 Å². The first-order valence-corrected chi connectivity index (χ1v) is 32.6. The number of esters is 3. The average Bonchev–Trinajstić information content (AvgIpc) is 3.49. The number of ether oxygens (including phenoxy) is 3. The smallest absolute Gasteiger partial charge is 0.309 e. The zero-order valence-corrected chi connectivity index (χ0v) is 52.6. The van der Waals surface area contributed by atoms with Crippen molar-refractivity contribution < 1.29 is 28.6 Å². The van der Waals surface area contributed by atoms with Gasteiger partial charge in [-0.25, -0.2) is 0 Å². The minimum absolute atomic E-state index is 0.108. The van der Waals surface area contributed by atoms with E-state index in [0.717, 1.165) is 167 Å². The molecule has 1 unspecified atom stereocenters. The highest BCUT2D eigenvalue weighted by Gasteiger charge is 2.19.